The predicted molar refractivity (Wildman–Crippen MR) is 113 cm³/mol. The van der Waals surface area contributed by atoms with Gasteiger partial charge >= 0.3 is 0 Å². The van der Waals surface area contributed by atoms with E-state index in [0.29, 0.717) is 10.0 Å². The lowest BCUT2D eigenvalue weighted by molar-refractivity contribution is 0.878. The zero-order valence-electron chi connectivity index (χ0n) is 14.9. The van der Waals surface area contributed by atoms with E-state index in [1.807, 2.05) is 53.2 Å². The van der Waals surface area contributed by atoms with Crippen LogP contribution in [0.15, 0.2) is 54.9 Å². The van der Waals surface area contributed by atoms with Crippen LogP contribution < -0.4 is 5.32 Å². The number of hydrogen-bond donors (Lipinski definition) is 1. The predicted octanol–water partition coefficient (Wildman–Crippen LogP) is 5.61. The smallest absolute Gasteiger partial charge is 0.157 e. The molecule has 0 radical (unpaired) electrons. The maximum Gasteiger partial charge on any atom is 0.157 e. The maximum atomic E-state index is 6.49. The van der Waals surface area contributed by atoms with Gasteiger partial charge in [0.15, 0.2) is 11.3 Å². The van der Waals surface area contributed by atoms with E-state index in [-0.39, 0.29) is 0 Å². The molecule has 140 valence electrons. The van der Waals surface area contributed by atoms with Crippen molar-refractivity contribution in [1.82, 2.24) is 19.7 Å². The summed E-state index contributed by atoms with van der Waals surface area (Å²) in [6.07, 6.45) is 4.12. The Morgan fingerprint density at radius 2 is 1.75 bits per heavy atom. The monoisotopic (exact) mass is 409 g/mol. The molecule has 1 saturated carbocycles. The Hall–Kier alpha value is -2.63. The van der Waals surface area contributed by atoms with Crippen molar-refractivity contribution < 1.29 is 0 Å². The van der Waals surface area contributed by atoms with Crippen molar-refractivity contribution in [3.05, 3.63) is 64.9 Å². The second-order valence-electron chi connectivity index (χ2n) is 6.96. The average Bonchev–Trinajstić information content (AvgIpc) is 3.46. The standard InChI is InChI=1S/C21H17Cl2N5/c22-15-9-7-14(8-10-15)20-18-19(21(26-12-25-18)24-11-13-5-6-13)27-28(20)17-4-2-1-3-16(17)23/h1-4,7-10,12-13H,5-6,11H2,(H,24,25,26). The van der Waals surface area contributed by atoms with Crippen LogP contribution >= 0.6 is 23.2 Å². The highest BCUT2D eigenvalue weighted by atomic mass is 35.5. The second-order valence-corrected chi connectivity index (χ2v) is 7.81. The van der Waals surface area contributed by atoms with Crippen LogP contribution in [-0.2, 0) is 0 Å². The van der Waals surface area contributed by atoms with E-state index in [1.165, 1.54) is 12.8 Å². The van der Waals surface area contributed by atoms with Gasteiger partial charge in [0, 0.05) is 17.1 Å². The van der Waals surface area contributed by atoms with Gasteiger partial charge in [-0.3, -0.25) is 0 Å². The molecule has 0 aliphatic heterocycles. The van der Waals surface area contributed by atoms with Crippen LogP contribution in [0.25, 0.3) is 28.0 Å². The van der Waals surface area contributed by atoms with Crippen LogP contribution in [0.5, 0.6) is 0 Å². The van der Waals surface area contributed by atoms with Crippen LogP contribution in [0.1, 0.15) is 12.8 Å². The summed E-state index contributed by atoms with van der Waals surface area (Å²) in [5, 5.41) is 9.58. The van der Waals surface area contributed by atoms with E-state index < -0.39 is 0 Å². The first-order valence-corrected chi connectivity index (χ1v) is 9.95. The van der Waals surface area contributed by atoms with E-state index >= 15 is 0 Å². The lowest BCUT2D eigenvalue weighted by Crippen LogP contribution is -2.05. The normalized spacial score (nSPS) is 13.8. The van der Waals surface area contributed by atoms with Crippen molar-refractivity contribution in [3.63, 3.8) is 0 Å². The molecule has 1 N–H and O–H groups in total. The van der Waals surface area contributed by atoms with Crippen molar-refractivity contribution in [3.8, 4) is 16.9 Å². The first kappa shape index (κ1) is 17.5. The summed E-state index contributed by atoms with van der Waals surface area (Å²) < 4.78 is 1.84. The van der Waals surface area contributed by atoms with Crippen molar-refractivity contribution >= 4 is 40.1 Å². The van der Waals surface area contributed by atoms with Gasteiger partial charge in [-0.15, -0.1) is 0 Å². The van der Waals surface area contributed by atoms with Gasteiger partial charge < -0.3 is 5.32 Å². The molecule has 0 unspecified atom stereocenters. The Labute approximate surface area is 172 Å². The zero-order valence-corrected chi connectivity index (χ0v) is 16.5. The molecular weight excluding hydrogens is 393 g/mol. The zero-order chi connectivity index (χ0) is 19.1. The molecular formula is C21H17Cl2N5. The van der Waals surface area contributed by atoms with Crippen molar-refractivity contribution in [2.75, 3.05) is 11.9 Å². The molecule has 1 aliphatic carbocycles. The quantitative estimate of drug-likeness (QED) is 0.465. The Morgan fingerprint density at radius 3 is 2.50 bits per heavy atom. The number of nitrogens with one attached hydrogen (secondary N) is 1. The van der Waals surface area contributed by atoms with E-state index in [0.717, 1.165) is 46.3 Å². The lowest BCUT2D eigenvalue weighted by Gasteiger charge is -2.09. The summed E-state index contributed by atoms with van der Waals surface area (Å²) in [6, 6.07) is 15.3. The molecule has 2 heterocycles. The number of halogens is 2. The highest BCUT2D eigenvalue weighted by Crippen LogP contribution is 2.35. The molecule has 0 atom stereocenters. The van der Waals surface area contributed by atoms with Gasteiger partial charge in [0.2, 0.25) is 0 Å². The van der Waals surface area contributed by atoms with Gasteiger partial charge in [-0.25, -0.2) is 14.6 Å². The van der Waals surface area contributed by atoms with E-state index in [2.05, 4.69) is 15.3 Å². The minimum absolute atomic E-state index is 0.617. The topological polar surface area (TPSA) is 55.6 Å². The number of fused-ring (bicyclic) bond motifs is 1. The van der Waals surface area contributed by atoms with Crippen molar-refractivity contribution in [1.29, 1.82) is 0 Å². The van der Waals surface area contributed by atoms with E-state index in [4.69, 9.17) is 28.3 Å². The van der Waals surface area contributed by atoms with Crippen LogP contribution in [-0.4, -0.2) is 26.3 Å². The lowest BCUT2D eigenvalue weighted by atomic mass is 10.1. The number of rotatable bonds is 5. The number of nitrogens with zero attached hydrogens (tertiary/aromatic N) is 4. The van der Waals surface area contributed by atoms with Gasteiger partial charge in [0.25, 0.3) is 0 Å². The number of anilines is 1. The fourth-order valence-electron chi connectivity index (χ4n) is 3.25. The maximum absolute atomic E-state index is 6.49. The van der Waals surface area contributed by atoms with Crippen molar-refractivity contribution in [2.24, 2.45) is 5.92 Å². The molecule has 0 amide bonds. The minimum atomic E-state index is 0.617. The van der Waals surface area contributed by atoms with E-state index in [9.17, 15) is 0 Å². The summed E-state index contributed by atoms with van der Waals surface area (Å²) >= 11 is 12.6. The highest BCUT2D eigenvalue weighted by Gasteiger charge is 2.23. The fourth-order valence-corrected chi connectivity index (χ4v) is 3.60. The summed E-state index contributed by atoms with van der Waals surface area (Å²) in [5.41, 5.74) is 4.11. The summed E-state index contributed by atoms with van der Waals surface area (Å²) in [5.74, 6) is 1.48. The van der Waals surface area contributed by atoms with Gasteiger partial charge in [0.1, 0.15) is 17.5 Å². The van der Waals surface area contributed by atoms with Gasteiger partial charge in [-0.05, 0) is 43.0 Å². The van der Waals surface area contributed by atoms with Gasteiger partial charge in [0.05, 0.1) is 10.7 Å². The molecule has 5 rings (SSSR count). The number of aromatic nitrogens is 4. The molecule has 0 spiro atoms. The molecule has 28 heavy (non-hydrogen) atoms. The van der Waals surface area contributed by atoms with Crippen LogP contribution in [0, 0.1) is 5.92 Å². The van der Waals surface area contributed by atoms with Crippen LogP contribution in [0.3, 0.4) is 0 Å². The fraction of sp³-hybridized carbons (Fsp3) is 0.190. The van der Waals surface area contributed by atoms with Gasteiger partial charge in [-0.2, -0.15) is 5.10 Å². The average molecular weight is 410 g/mol. The Balaban J connectivity index is 1.74. The molecule has 0 bridgehead atoms. The largest absolute Gasteiger partial charge is 0.368 e. The molecule has 7 heteroatoms. The SMILES string of the molecule is Clc1ccc(-c2c3ncnc(NCC4CC4)c3nn2-c2ccccc2Cl)cc1. The third-order valence-electron chi connectivity index (χ3n) is 4.91. The number of hydrogen-bond acceptors (Lipinski definition) is 4. The highest BCUT2D eigenvalue weighted by molar-refractivity contribution is 6.32. The van der Waals surface area contributed by atoms with E-state index in [1.54, 1.807) is 6.33 Å². The van der Waals surface area contributed by atoms with Gasteiger partial charge in [-0.1, -0.05) is 47.5 Å². The van der Waals surface area contributed by atoms with Crippen molar-refractivity contribution in [2.45, 2.75) is 12.8 Å². The number of benzene rings is 2. The third-order valence-corrected chi connectivity index (χ3v) is 5.48. The summed E-state index contributed by atoms with van der Waals surface area (Å²) in [4.78, 5) is 8.98. The Kier molecular flexibility index (Phi) is 4.41. The second kappa shape index (κ2) is 7.08. The molecule has 5 nitrogen and oxygen atoms in total. The molecule has 1 aliphatic rings. The first-order chi connectivity index (χ1) is 13.7. The molecule has 1 fully saturated rings. The van der Waals surface area contributed by atoms with Crippen LogP contribution in [0.2, 0.25) is 10.0 Å². The first-order valence-electron chi connectivity index (χ1n) is 9.19. The van der Waals surface area contributed by atoms with Crippen LogP contribution in [0.4, 0.5) is 5.82 Å². The summed E-state index contributed by atoms with van der Waals surface area (Å²) in [6.45, 7) is 0.904. The Morgan fingerprint density at radius 1 is 0.964 bits per heavy atom. The summed E-state index contributed by atoms with van der Waals surface area (Å²) in [7, 11) is 0. The Bertz CT molecular complexity index is 1150. The molecule has 2 aromatic heterocycles. The molecule has 0 saturated heterocycles. The third kappa shape index (κ3) is 3.21. The molecule has 4 aromatic rings. The molecule has 2 aromatic carbocycles. The number of para-hydroxylation sites is 1. The minimum Gasteiger partial charge on any atom is -0.368 e.